The number of aromatic nitrogens is 3. The molecular formula is C18H18N4O2S. The summed E-state index contributed by atoms with van der Waals surface area (Å²) in [5.74, 6) is 1.54. The molecule has 3 aromatic rings. The number of benzene rings is 2. The van der Waals surface area contributed by atoms with Crippen LogP contribution in [-0.2, 0) is 12.3 Å². The molecule has 0 N–H and O–H groups in total. The van der Waals surface area contributed by atoms with Crippen molar-refractivity contribution in [1.82, 2.24) is 14.8 Å². The van der Waals surface area contributed by atoms with Gasteiger partial charge in [0.15, 0.2) is 11.0 Å². The first-order chi connectivity index (χ1) is 12.1. The molecule has 0 amide bonds. The van der Waals surface area contributed by atoms with E-state index < -0.39 is 4.92 Å². The summed E-state index contributed by atoms with van der Waals surface area (Å²) in [5.41, 5.74) is 3.37. The van der Waals surface area contributed by atoms with Crippen molar-refractivity contribution in [2.75, 3.05) is 0 Å². The number of nitro groups is 1. The zero-order valence-electron chi connectivity index (χ0n) is 14.0. The first-order valence-electron chi connectivity index (χ1n) is 7.95. The number of thioether (sulfide) groups is 1. The van der Waals surface area contributed by atoms with Gasteiger partial charge in [-0.05, 0) is 31.5 Å². The predicted molar refractivity (Wildman–Crippen MR) is 98.5 cm³/mol. The maximum Gasteiger partial charge on any atom is 0.269 e. The van der Waals surface area contributed by atoms with E-state index in [9.17, 15) is 10.1 Å². The number of nitrogens with zero attached hydrogens (tertiary/aromatic N) is 4. The van der Waals surface area contributed by atoms with Crippen molar-refractivity contribution in [2.24, 2.45) is 0 Å². The number of rotatable bonds is 6. The molecule has 0 saturated carbocycles. The van der Waals surface area contributed by atoms with E-state index in [-0.39, 0.29) is 5.69 Å². The summed E-state index contributed by atoms with van der Waals surface area (Å²) in [7, 11) is 0. The lowest BCUT2D eigenvalue weighted by Crippen LogP contribution is -2.00. The van der Waals surface area contributed by atoms with Gasteiger partial charge in [-0.3, -0.25) is 10.1 Å². The maximum atomic E-state index is 10.8. The highest BCUT2D eigenvalue weighted by atomic mass is 32.2. The Morgan fingerprint density at radius 1 is 1.08 bits per heavy atom. The fourth-order valence-corrected chi connectivity index (χ4v) is 3.42. The summed E-state index contributed by atoms with van der Waals surface area (Å²) in [6.45, 7) is 4.84. The fraction of sp³-hybridized carbons (Fsp3) is 0.222. The molecule has 0 aliphatic rings. The monoisotopic (exact) mass is 354 g/mol. The smallest absolute Gasteiger partial charge is 0.269 e. The van der Waals surface area contributed by atoms with Crippen LogP contribution in [0.4, 0.5) is 5.69 Å². The van der Waals surface area contributed by atoms with E-state index in [0.29, 0.717) is 0 Å². The number of hydrogen-bond acceptors (Lipinski definition) is 5. The standard InChI is InChI=1S/C18H18N4O2S/c1-3-21-17(15-8-10-16(11-9-15)22(23)24)19-20-18(21)25-12-14-6-4-13(2)5-7-14/h4-11H,3,12H2,1-2H3. The second kappa shape index (κ2) is 7.48. The molecule has 128 valence electrons. The second-order valence-corrected chi connectivity index (χ2v) is 6.57. The Balaban J connectivity index is 1.80. The number of non-ortho nitro benzene ring substituents is 1. The molecule has 2 aromatic carbocycles. The first kappa shape index (κ1) is 17.2. The van der Waals surface area contributed by atoms with Gasteiger partial charge in [0.2, 0.25) is 0 Å². The Kier molecular flexibility index (Phi) is 5.14. The van der Waals surface area contributed by atoms with Crippen molar-refractivity contribution >= 4 is 17.4 Å². The zero-order valence-corrected chi connectivity index (χ0v) is 14.9. The van der Waals surface area contributed by atoms with Crippen LogP contribution in [-0.4, -0.2) is 19.7 Å². The van der Waals surface area contributed by atoms with E-state index in [4.69, 9.17) is 0 Å². The molecule has 0 fully saturated rings. The van der Waals surface area contributed by atoms with Crippen molar-refractivity contribution < 1.29 is 4.92 Å². The Morgan fingerprint density at radius 2 is 1.76 bits per heavy atom. The van der Waals surface area contributed by atoms with Crippen molar-refractivity contribution in [2.45, 2.75) is 31.3 Å². The van der Waals surface area contributed by atoms with Crippen LogP contribution in [0.2, 0.25) is 0 Å². The molecule has 0 aliphatic carbocycles. The summed E-state index contributed by atoms with van der Waals surface area (Å²) in [5, 5.41) is 20.2. The van der Waals surface area contributed by atoms with E-state index >= 15 is 0 Å². The van der Waals surface area contributed by atoms with Crippen LogP contribution in [0, 0.1) is 17.0 Å². The quantitative estimate of drug-likeness (QED) is 0.371. The third kappa shape index (κ3) is 3.88. The lowest BCUT2D eigenvalue weighted by atomic mass is 10.2. The van der Waals surface area contributed by atoms with Crippen LogP contribution in [0.1, 0.15) is 18.1 Å². The van der Waals surface area contributed by atoms with Crippen LogP contribution in [0.5, 0.6) is 0 Å². The Labute approximate surface area is 150 Å². The highest BCUT2D eigenvalue weighted by molar-refractivity contribution is 7.98. The topological polar surface area (TPSA) is 73.8 Å². The van der Waals surface area contributed by atoms with E-state index in [1.165, 1.54) is 23.3 Å². The molecule has 6 nitrogen and oxygen atoms in total. The minimum Gasteiger partial charge on any atom is -0.302 e. The van der Waals surface area contributed by atoms with Gasteiger partial charge >= 0.3 is 0 Å². The molecule has 0 saturated heterocycles. The van der Waals surface area contributed by atoms with Gasteiger partial charge in [-0.1, -0.05) is 41.6 Å². The molecule has 0 bridgehead atoms. The van der Waals surface area contributed by atoms with Crippen molar-refractivity contribution in [3.05, 3.63) is 69.8 Å². The van der Waals surface area contributed by atoms with Gasteiger partial charge in [-0.15, -0.1) is 10.2 Å². The first-order valence-corrected chi connectivity index (χ1v) is 8.93. The van der Waals surface area contributed by atoms with Gasteiger partial charge < -0.3 is 4.57 Å². The molecule has 0 aliphatic heterocycles. The SMILES string of the molecule is CCn1c(SCc2ccc(C)cc2)nnc1-c1ccc([N+](=O)[O-])cc1. The highest BCUT2D eigenvalue weighted by Crippen LogP contribution is 2.27. The lowest BCUT2D eigenvalue weighted by molar-refractivity contribution is -0.384. The normalized spacial score (nSPS) is 10.8. The van der Waals surface area contributed by atoms with Crippen molar-refractivity contribution in [3.8, 4) is 11.4 Å². The number of hydrogen-bond donors (Lipinski definition) is 0. The van der Waals surface area contributed by atoms with Gasteiger partial charge in [0.1, 0.15) is 0 Å². The van der Waals surface area contributed by atoms with Crippen molar-refractivity contribution in [1.29, 1.82) is 0 Å². The molecule has 0 unspecified atom stereocenters. The van der Waals surface area contributed by atoms with Gasteiger partial charge in [0.05, 0.1) is 4.92 Å². The van der Waals surface area contributed by atoms with Crippen LogP contribution >= 0.6 is 11.8 Å². The summed E-state index contributed by atoms with van der Waals surface area (Å²) < 4.78 is 2.03. The molecule has 7 heteroatoms. The molecule has 0 spiro atoms. The summed E-state index contributed by atoms with van der Waals surface area (Å²) in [6, 6.07) is 14.8. The van der Waals surface area contributed by atoms with E-state index in [1.54, 1.807) is 23.9 Å². The fourth-order valence-electron chi connectivity index (χ4n) is 2.46. The molecule has 3 rings (SSSR count). The minimum absolute atomic E-state index is 0.0697. The Morgan fingerprint density at radius 3 is 2.36 bits per heavy atom. The third-order valence-electron chi connectivity index (χ3n) is 3.86. The van der Waals surface area contributed by atoms with Crippen LogP contribution in [0.3, 0.4) is 0 Å². The summed E-state index contributed by atoms with van der Waals surface area (Å²) in [6.07, 6.45) is 0. The maximum absolute atomic E-state index is 10.8. The van der Waals surface area contributed by atoms with Gasteiger partial charge in [0, 0.05) is 30.0 Å². The van der Waals surface area contributed by atoms with E-state index in [1.807, 2.05) is 11.5 Å². The van der Waals surface area contributed by atoms with Crippen LogP contribution < -0.4 is 0 Å². The average Bonchev–Trinajstić information content (AvgIpc) is 3.04. The summed E-state index contributed by atoms with van der Waals surface area (Å²) in [4.78, 5) is 10.4. The Bertz CT molecular complexity index is 873. The van der Waals surface area contributed by atoms with Crippen LogP contribution in [0.15, 0.2) is 53.7 Å². The van der Waals surface area contributed by atoms with E-state index in [2.05, 4.69) is 41.4 Å². The Hall–Kier alpha value is -2.67. The minimum atomic E-state index is -0.406. The highest BCUT2D eigenvalue weighted by Gasteiger charge is 2.14. The number of nitro benzene ring substituents is 1. The molecule has 1 aromatic heterocycles. The molecule has 1 heterocycles. The van der Waals surface area contributed by atoms with Gasteiger partial charge in [-0.2, -0.15) is 0 Å². The zero-order chi connectivity index (χ0) is 17.8. The van der Waals surface area contributed by atoms with Crippen molar-refractivity contribution in [3.63, 3.8) is 0 Å². The number of aryl methyl sites for hydroxylation is 1. The lowest BCUT2D eigenvalue weighted by Gasteiger charge is -2.07. The van der Waals surface area contributed by atoms with E-state index in [0.717, 1.165) is 28.8 Å². The third-order valence-corrected chi connectivity index (χ3v) is 4.90. The molecule has 0 radical (unpaired) electrons. The average molecular weight is 354 g/mol. The molecular weight excluding hydrogens is 336 g/mol. The van der Waals surface area contributed by atoms with Crippen LogP contribution in [0.25, 0.3) is 11.4 Å². The van der Waals surface area contributed by atoms with Gasteiger partial charge in [0.25, 0.3) is 5.69 Å². The molecule has 0 atom stereocenters. The summed E-state index contributed by atoms with van der Waals surface area (Å²) >= 11 is 1.64. The van der Waals surface area contributed by atoms with Gasteiger partial charge in [-0.25, -0.2) is 0 Å². The molecule has 25 heavy (non-hydrogen) atoms. The predicted octanol–water partition coefficient (Wildman–Crippen LogP) is 4.47. The largest absolute Gasteiger partial charge is 0.302 e. The second-order valence-electron chi connectivity index (χ2n) is 5.63.